The monoisotopic (exact) mass is 402 g/mol. The van der Waals surface area contributed by atoms with Gasteiger partial charge in [-0.1, -0.05) is 67.2 Å². The van der Waals surface area contributed by atoms with Gasteiger partial charge in [-0.15, -0.1) is 0 Å². The van der Waals surface area contributed by atoms with E-state index in [1.54, 1.807) is 29.2 Å². The van der Waals surface area contributed by atoms with Crippen molar-refractivity contribution in [2.45, 2.75) is 19.5 Å². The van der Waals surface area contributed by atoms with Crippen LogP contribution in [0.3, 0.4) is 0 Å². The number of carbonyl (C=O) groups is 2. The number of benzene rings is 3. The predicted molar refractivity (Wildman–Crippen MR) is 116 cm³/mol. The lowest BCUT2D eigenvalue weighted by Gasteiger charge is -2.24. The summed E-state index contributed by atoms with van der Waals surface area (Å²) in [6, 6.07) is 23.0. The lowest BCUT2D eigenvalue weighted by molar-refractivity contribution is -0.131. The average molecular weight is 402 g/mol. The minimum Gasteiger partial charge on any atom is -0.334 e. The third-order valence-corrected chi connectivity index (χ3v) is 4.66. The van der Waals surface area contributed by atoms with E-state index in [4.69, 9.17) is 0 Å². The number of hydrogen-bond donors (Lipinski definition) is 1. The number of nitrogens with one attached hydrogen (secondary N) is 1. The van der Waals surface area contributed by atoms with E-state index in [9.17, 15) is 14.0 Å². The molecule has 0 fully saturated rings. The summed E-state index contributed by atoms with van der Waals surface area (Å²) in [7, 11) is 0. The van der Waals surface area contributed by atoms with Crippen molar-refractivity contribution in [3.63, 3.8) is 0 Å². The topological polar surface area (TPSA) is 49.4 Å². The largest absolute Gasteiger partial charge is 0.334 e. The van der Waals surface area contributed by atoms with Crippen molar-refractivity contribution in [3.05, 3.63) is 114 Å². The highest BCUT2D eigenvalue weighted by Gasteiger charge is 2.17. The van der Waals surface area contributed by atoms with Crippen molar-refractivity contribution in [3.8, 4) is 0 Å². The number of nitrogens with zero attached hydrogens (tertiary/aromatic N) is 1. The van der Waals surface area contributed by atoms with E-state index < -0.39 is 0 Å². The van der Waals surface area contributed by atoms with Crippen LogP contribution in [0.25, 0.3) is 0 Å². The quantitative estimate of drug-likeness (QED) is 0.554. The molecule has 0 atom stereocenters. The Hall–Kier alpha value is -3.73. The van der Waals surface area contributed by atoms with Crippen LogP contribution >= 0.6 is 0 Å². The molecule has 0 radical (unpaired) electrons. The highest BCUT2D eigenvalue weighted by Crippen LogP contribution is 2.19. The Morgan fingerprint density at radius 1 is 0.867 bits per heavy atom. The van der Waals surface area contributed by atoms with Gasteiger partial charge < -0.3 is 10.2 Å². The second-order valence-electron chi connectivity index (χ2n) is 6.89. The van der Waals surface area contributed by atoms with Crippen molar-refractivity contribution in [2.24, 2.45) is 0 Å². The molecule has 1 N–H and O–H groups in total. The Bertz CT molecular complexity index is 1020. The van der Waals surface area contributed by atoms with E-state index >= 15 is 0 Å². The summed E-state index contributed by atoms with van der Waals surface area (Å²) in [5, 5.41) is 2.74. The number of halogens is 1. The fourth-order valence-corrected chi connectivity index (χ4v) is 3.10. The van der Waals surface area contributed by atoms with Gasteiger partial charge >= 0.3 is 0 Å². The standard InChI is InChI=1S/C25H23FN2O2/c1-2-24(29)27-23-11-7-6-10-21(23)16-25(30)28(17-19-8-4-3-5-9-19)18-20-12-14-22(26)15-13-20/h2-15H,1,16-18H2,(H,27,29). The SMILES string of the molecule is C=CC(=O)Nc1ccccc1CC(=O)N(Cc1ccccc1)Cc1ccc(F)cc1. The zero-order valence-electron chi connectivity index (χ0n) is 16.6. The first-order valence-electron chi connectivity index (χ1n) is 9.62. The molecule has 4 nitrogen and oxygen atoms in total. The average Bonchev–Trinajstić information content (AvgIpc) is 2.76. The van der Waals surface area contributed by atoms with Crippen molar-refractivity contribution < 1.29 is 14.0 Å². The molecule has 30 heavy (non-hydrogen) atoms. The molecule has 2 amide bonds. The van der Waals surface area contributed by atoms with Gasteiger partial charge in [-0.25, -0.2) is 4.39 Å². The molecule has 0 saturated carbocycles. The number of para-hydroxylation sites is 1. The Morgan fingerprint density at radius 3 is 2.13 bits per heavy atom. The van der Waals surface area contributed by atoms with E-state index in [1.165, 1.54) is 18.2 Å². The number of hydrogen-bond acceptors (Lipinski definition) is 2. The fraction of sp³-hybridized carbons (Fsp3) is 0.120. The third kappa shape index (κ3) is 5.88. The first kappa shape index (κ1) is 21.0. The summed E-state index contributed by atoms with van der Waals surface area (Å²) >= 11 is 0. The highest BCUT2D eigenvalue weighted by atomic mass is 19.1. The van der Waals surface area contributed by atoms with E-state index in [0.717, 1.165) is 16.7 Å². The number of carbonyl (C=O) groups excluding carboxylic acids is 2. The molecule has 0 aliphatic rings. The summed E-state index contributed by atoms with van der Waals surface area (Å²) < 4.78 is 13.3. The van der Waals surface area contributed by atoms with Crippen LogP contribution in [-0.2, 0) is 29.1 Å². The summed E-state index contributed by atoms with van der Waals surface area (Å²) in [6.07, 6.45) is 1.32. The molecule has 0 heterocycles. The molecule has 3 aromatic rings. The van der Waals surface area contributed by atoms with E-state index in [-0.39, 0.29) is 24.1 Å². The predicted octanol–water partition coefficient (Wildman–Crippen LogP) is 4.72. The van der Waals surface area contributed by atoms with E-state index in [0.29, 0.717) is 18.8 Å². The van der Waals surface area contributed by atoms with Gasteiger partial charge in [-0.2, -0.15) is 0 Å². The summed E-state index contributed by atoms with van der Waals surface area (Å²) in [5.74, 6) is -0.739. The molecular weight excluding hydrogens is 379 g/mol. The fourth-order valence-electron chi connectivity index (χ4n) is 3.10. The van der Waals surface area contributed by atoms with Gasteiger partial charge in [0, 0.05) is 18.8 Å². The van der Waals surface area contributed by atoms with Crippen molar-refractivity contribution in [1.82, 2.24) is 4.90 Å². The van der Waals surface area contributed by atoms with Gasteiger partial charge in [0.05, 0.1) is 6.42 Å². The van der Waals surface area contributed by atoms with E-state index in [2.05, 4.69) is 11.9 Å². The summed E-state index contributed by atoms with van der Waals surface area (Å²) in [5.41, 5.74) is 3.14. The minimum atomic E-state index is -0.331. The van der Waals surface area contributed by atoms with Crippen LogP contribution in [0.2, 0.25) is 0 Å². The van der Waals surface area contributed by atoms with Gasteiger partial charge in [-0.05, 0) is 41.0 Å². The van der Waals surface area contributed by atoms with Crippen molar-refractivity contribution in [1.29, 1.82) is 0 Å². The normalized spacial score (nSPS) is 10.3. The molecule has 0 unspecified atom stereocenters. The maximum absolute atomic E-state index is 13.3. The third-order valence-electron chi connectivity index (χ3n) is 4.66. The summed E-state index contributed by atoms with van der Waals surface area (Å²) in [6.45, 7) is 4.25. The maximum atomic E-state index is 13.3. The zero-order valence-corrected chi connectivity index (χ0v) is 16.6. The first-order valence-corrected chi connectivity index (χ1v) is 9.62. The Balaban J connectivity index is 1.82. The van der Waals surface area contributed by atoms with Gasteiger partial charge in [0.15, 0.2) is 0 Å². The van der Waals surface area contributed by atoms with Crippen LogP contribution in [-0.4, -0.2) is 16.7 Å². The number of rotatable bonds is 8. The highest BCUT2D eigenvalue weighted by molar-refractivity contribution is 5.99. The molecule has 3 aromatic carbocycles. The van der Waals surface area contributed by atoms with Crippen LogP contribution in [0.5, 0.6) is 0 Å². The van der Waals surface area contributed by atoms with Crippen LogP contribution in [0, 0.1) is 5.82 Å². The molecule has 0 saturated heterocycles. The number of anilines is 1. The molecule has 0 aromatic heterocycles. The van der Waals surface area contributed by atoms with Gasteiger partial charge in [-0.3, -0.25) is 9.59 Å². The van der Waals surface area contributed by atoms with Gasteiger partial charge in [0.1, 0.15) is 5.82 Å². The number of amides is 2. The van der Waals surface area contributed by atoms with Crippen LogP contribution in [0.1, 0.15) is 16.7 Å². The van der Waals surface area contributed by atoms with E-state index in [1.807, 2.05) is 42.5 Å². The maximum Gasteiger partial charge on any atom is 0.247 e. The molecule has 152 valence electrons. The second kappa shape index (κ2) is 10.2. The van der Waals surface area contributed by atoms with Gasteiger partial charge in [0.2, 0.25) is 11.8 Å². The molecule has 0 bridgehead atoms. The second-order valence-corrected chi connectivity index (χ2v) is 6.89. The van der Waals surface area contributed by atoms with Crippen molar-refractivity contribution in [2.75, 3.05) is 5.32 Å². The molecule has 5 heteroatoms. The summed E-state index contributed by atoms with van der Waals surface area (Å²) in [4.78, 5) is 26.7. The van der Waals surface area contributed by atoms with Crippen LogP contribution in [0.15, 0.2) is 91.5 Å². The Kier molecular flexibility index (Phi) is 7.11. The van der Waals surface area contributed by atoms with Crippen molar-refractivity contribution >= 4 is 17.5 Å². The Morgan fingerprint density at radius 2 is 1.47 bits per heavy atom. The molecular formula is C25H23FN2O2. The smallest absolute Gasteiger partial charge is 0.247 e. The molecule has 3 rings (SSSR count). The van der Waals surface area contributed by atoms with Crippen LogP contribution in [0.4, 0.5) is 10.1 Å². The van der Waals surface area contributed by atoms with Crippen LogP contribution < -0.4 is 5.32 Å². The molecule has 0 aliphatic carbocycles. The Labute approximate surface area is 175 Å². The van der Waals surface area contributed by atoms with Gasteiger partial charge in [0.25, 0.3) is 0 Å². The first-order chi connectivity index (χ1) is 14.5. The molecule has 0 spiro atoms. The lowest BCUT2D eigenvalue weighted by Crippen LogP contribution is -2.31. The minimum absolute atomic E-state index is 0.0940. The lowest BCUT2D eigenvalue weighted by atomic mass is 10.1. The zero-order chi connectivity index (χ0) is 21.3. The molecule has 0 aliphatic heterocycles.